The van der Waals surface area contributed by atoms with Crippen LogP contribution in [-0.4, -0.2) is 39.4 Å². The Kier molecular flexibility index (Phi) is 6.15. The maximum Gasteiger partial charge on any atom is 0.263 e. The molecule has 1 atom stereocenters. The highest BCUT2D eigenvalue weighted by Crippen LogP contribution is 2.27. The van der Waals surface area contributed by atoms with Crippen molar-refractivity contribution in [1.29, 1.82) is 0 Å². The molecule has 0 saturated carbocycles. The second kappa shape index (κ2) is 8.41. The van der Waals surface area contributed by atoms with Crippen molar-refractivity contribution < 1.29 is 17.9 Å². The Balaban J connectivity index is 1.86. The molecule has 2 aromatic rings. The highest BCUT2D eigenvalue weighted by molar-refractivity contribution is 7.92. The van der Waals surface area contributed by atoms with Crippen LogP contribution in [0.25, 0.3) is 0 Å². The van der Waals surface area contributed by atoms with E-state index in [-0.39, 0.29) is 15.8 Å². The number of likely N-dealkylation sites (tertiary alicyclic amines) is 1. The number of sulfonamides is 1. The van der Waals surface area contributed by atoms with Gasteiger partial charge in [-0.1, -0.05) is 18.5 Å². The van der Waals surface area contributed by atoms with Gasteiger partial charge in [0, 0.05) is 24.3 Å². The Bertz CT molecular complexity index is 961. The predicted octanol–water partition coefficient (Wildman–Crippen LogP) is 4.02. The number of hydrogen-bond donors (Lipinski definition) is 1. The van der Waals surface area contributed by atoms with Crippen molar-refractivity contribution in [2.45, 2.75) is 24.7 Å². The Morgan fingerprint density at radius 1 is 1.21 bits per heavy atom. The molecular weight excluding hydrogens is 400 g/mol. The van der Waals surface area contributed by atoms with E-state index in [4.69, 9.17) is 16.3 Å². The van der Waals surface area contributed by atoms with Crippen molar-refractivity contribution in [2.75, 3.05) is 24.9 Å². The molecule has 1 heterocycles. The molecule has 6 nitrogen and oxygen atoms in total. The van der Waals surface area contributed by atoms with E-state index in [9.17, 15) is 13.2 Å². The normalized spacial score (nSPS) is 17.2. The molecule has 0 bridgehead atoms. The number of anilines is 1. The fourth-order valence-corrected chi connectivity index (χ4v) is 4.85. The van der Waals surface area contributed by atoms with Gasteiger partial charge in [0.15, 0.2) is 0 Å². The molecule has 1 aliphatic rings. The zero-order chi connectivity index (χ0) is 20.3. The van der Waals surface area contributed by atoms with Gasteiger partial charge in [-0.25, -0.2) is 8.42 Å². The van der Waals surface area contributed by atoms with Gasteiger partial charge in [-0.05, 0) is 61.2 Å². The highest BCUT2D eigenvalue weighted by atomic mass is 35.5. The summed E-state index contributed by atoms with van der Waals surface area (Å²) in [5.41, 5.74) is 0.687. The minimum atomic E-state index is -3.95. The first-order chi connectivity index (χ1) is 13.3. The number of piperidine rings is 1. The number of amides is 1. The molecule has 2 aromatic carbocycles. The van der Waals surface area contributed by atoms with Crippen LogP contribution in [0.15, 0.2) is 47.4 Å². The molecule has 1 N–H and O–H groups in total. The lowest BCUT2D eigenvalue weighted by Crippen LogP contribution is -2.39. The summed E-state index contributed by atoms with van der Waals surface area (Å²) in [6.45, 7) is 3.46. The number of nitrogens with one attached hydrogen (secondary N) is 1. The molecule has 150 valence electrons. The van der Waals surface area contributed by atoms with Crippen LogP contribution in [0.5, 0.6) is 5.75 Å². The molecule has 0 aliphatic carbocycles. The van der Waals surface area contributed by atoms with Gasteiger partial charge in [0.1, 0.15) is 10.6 Å². The van der Waals surface area contributed by atoms with Crippen molar-refractivity contribution >= 4 is 33.2 Å². The summed E-state index contributed by atoms with van der Waals surface area (Å²) in [7, 11) is -2.42. The average molecular weight is 423 g/mol. The van der Waals surface area contributed by atoms with Gasteiger partial charge in [-0.2, -0.15) is 0 Å². The van der Waals surface area contributed by atoms with Crippen molar-refractivity contribution in [1.82, 2.24) is 4.90 Å². The summed E-state index contributed by atoms with van der Waals surface area (Å²) in [6.07, 6.45) is 2.04. The summed E-state index contributed by atoms with van der Waals surface area (Å²) >= 11 is 6.14. The van der Waals surface area contributed by atoms with Crippen LogP contribution in [0, 0.1) is 5.92 Å². The number of ether oxygens (including phenoxy) is 1. The number of benzene rings is 2. The molecule has 0 aromatic heterocycles. The van der Waals surface area contributed by atoms with E-state index in [1.165, 1.54) is 19.2 Å². The number of halogens is 1. The van der Waals surface area contributed by atoms with Crippen LogP contribution in [-0.2, 0) is 10.0 Å². The molecule has 1 saturated heterocycles. The van der Waals surface area contributed by atoms with E-state index in [2.05, 4.69) is 11.6 Å². The van der Waals surface area contributed by atoms with E-state index in [1.54, 1.807) is 35.2 Å². The largest absolute Gasteiger partial charge is 0.497 e. The monoisotopic (exact) mass is 422 g/mol. The number of carbonyl (C=O) groups is 1. The molecule has 1 aliphatic heterocycles. The van der Waals surface area contributed by atoms with Gasteiger partial charge in [-0.3, -0.25) is 9.52 Å². The predicted molar refractivity (Wildman–Crippen MR) is 110 cm³/mol. The van der Waals surface area contributed by atoms with Gasteiger partial charge < -0.3 is 9.64 Å². The molecule has 3 rings (SSSR count). The summed E-state index contributed by atoms with van der Waals surface area (Å²) in [6, 6.07) is 10.8. The number of rotatable bonds is 5. The summed E-state index contributed by atoms with van der Waals surface area (Å²) < 4.78 is 33.2. The first kappa shape index (κ1) is 20.5. The zero-order valence-corrected chi connectivity index (χ0v) is 17.4. The molecule has 1 unspecified atom stereocenters. The van der Waals surface area contributed by atoms with Gasteiger partial charge in [0.25, 0.3) is 15.9 Å². The van der Waals surface area contributed by atoms with E-state index in [1.807, 2.05) is 0 Å². The molecule has 0 radical (unpaired) electrons. The smallest absolute Gasteiger partial charge is 0.263 e. The van der Waals surface area contributed by atoms with Crippen LogP contribution in [0.3, 0.4) is 0 Å². The summed E-state index contributed by atoms with van der Waals surface area (Å²) in [4.78, 5) is 14.5. The molecule has 1 fully saturated rings. The summed E-state index contributed by atoms with van der Waals surface area (Å²) in [5.74, 6) is 0.874. The second-order valence-corrected chi connectivity index (χ2v) is 9.04. The lowest BCUT2D eigenvalue weighted by Gasteiger charge is -2.31. The van der Waals surface area contributed by atoms with Crippen molar-refractivity contribution in [3.05, 3.63) is 53.1 Å². The minimum Gasteiger partial charge on any atom is -0.497 e. The third-order valence-electron chi connectivity index (χ3n) is 4.75. The minimum absolute atomic E-state index is 0.0598. The fourth-order valence-electron chi connectivity index (χ4n) is 3.27. The number of methoxy groups -OCH3 is 1. The van der Waals surface area contributed by atoms with Crippen LogP contribution < -0.4 is 9.46 Å². The fraction of sp³-hybridized carbons (Fsp3) is 0.350. The second-order valence-electron chi connectivity index (χ2n) is 6.98. The van der Waals surface area contributed by atoms with Crippen LogP contribution in [0.4, 0.5) is 5.69 Å². The maximum absolute atomic E-state index is 12.8. The summed E-state index contributed by atoms with van der Waals surface area (Å²) in [5, 5.41) is 0.0598. The Hall–Kier alpha value is -2.25. The quantitative estimate of drug-likeness (QED) is 0.789. The first-order valence-corrected chi connectivity index (χ1v) is 10.9. The third kappa shape index (κ3) is 4.59. The van der Waals surface area contributed by atoms with Crippen molar-refractivity contribution in [2.24, 2.45) is 5.92 Å². The van der Waals surface area contributed by atoms with Gasteiger partial charge >= 0.3 is 0 Å². The van der Waals surface area contributed by atoms with Gasteiger partial charge in [0.05, 0.1) is 12.1 Å². The Labute approximate surface area is 170 Å². The molecule has 0 spiro atoms. The number of carbonyl (C=O) groups excluding carboxylic acids is 1. The SMILES string of the molecule is COc1ccc(NS(=O)(=O)c2cc(C(=O)N3CCCC(C)C3)ccc2Cl)cc1. The number of hydrogen-bond acceptors (Lipinski definition) is 4. The van der Waals surface area contributed by atoms with E-state index in [0.29, 0.717) is 36.0 Å². The molecule has 1 amide bonds. The third-order valence-corrected chi connectivity index (χ3v) is 6.62. The van der Waals surface area contributed by atoms with E-state index >= 15 is 0 Å². The van der Waals surface area contributed by atoms with Crippen LogP contribution >= 0.6 is 11.6 Å². The van der Waals surface area contributed by atoms with Crippen LogP contribution in [0.2, 0.25) is 5.02 Å². The van der Waals surface area contributed by atoms with Gasteiger partial charge in [-0.15, -0.1) is 0 Å². The van der Waals surface area contributed by atoms with Gasteiger partial charge in [0.2, 0.25) is 0 Å². The molecular formula is C20H23ClN2O4S. The standard InChI is InChI=1S/C20H23ClN2O4S/c1-14-4-3-11-23(13-14)20(24)15-5-10-18(21)19(12-15)28(25,26)22-16-6-8-17(27-2)9-7-16/h5-10,12,14,22H,3-4,11,13H2,1-2H3. The lowest BCUT2D eigenvalue weighted by atomic mass is 9.99. The van der Waals surface area contributed by atoms with Crippen molar-refractivity contribution in [3.63, 3.8) is 0 Å². The lowest BCUT2D eigenvalue weighted by molar-refractivity contribution is 0.0683. The van der Waals surface area contributed by atoms with Crippen molar-refractivity contribution in [3.8, 4) is 5.75 Å². The van der Waals surface area contributed by atoms with E-state index in [0.717, 1.165) is 12.8 Å². The average Bonchev–Trinajstić information content (AvgIpc) is 2.68. The number of nitrogens with zero attached hydrogens (tertiary/aromatic N) is 1. The molecule has 8 heteroatoms. The Morgan fingerprint density at radius 2 is 1.93 bits per heavy atom. The van der Waals surface area contributed by atoms with Crippen LogP contribution in [0.1, 0.15) is 30.1 Å². The highest BCUT2D eigenvalue weighted by Gasteiger charge is 2.25. The topological polar surface area (TPSA) is 75.7 Å². The Morgan fingerprint density at radius 3 is 2.57 bits per heavy atom. The van der Waals surface area contributed by atoms with E-state index < -0.39 is 10.0 Å². The first-order valence-electron chi connectivity index (χ1n) is 9.06. The maximum atomic E-state index is 12.8. The zero-order valence-electron chi connectivity index (χ0n) is 15.8. The molecule has 28 heavy (non-hydrogen) atoms.